The molecule has 0 aliphatic carbocycles. The van der Waals surface area contributed by atoms with Gasteiger partial charge in [-0.2, -0.15) is 0 Å². The Hall–Kier alpha value is 0.960. The number of hydrogen-bond donors (Lipinski definition) is 0. The van der Waals surface area contributed by atoms with Gasteiger partial charge in [-0.3, -0.25) is 0 Å². The third-order valence-corrected chi connectivity index (χ3v) is 3.34. The van der Waals surface area contributed by atoms with E-state index in [2.05, 4.69) is 19.2 Å². The van der Waals surface area contributed by atoms with Crippen molar-refractivity contribution in [2.45, 2.75) is 90.9 Å². The fourth-order valence-electron chi connectivity index (χ4n) is 2.12. The molecule has 0 N–H and O–H groups in total. The van der Waals surface area contributed by atoms with Gasteiger partial charge < -0.3 is 5.32 Å². The molecule has 0 aliphatic heterocycles. The Morgan fingerprint density at radius 1 is 0.500 bits per heavy atom. The molecular weight excluding hydrogens is 229 g/mol. The Morgan fingerprint density at radius 2 is 0.833 bits per heavy atom. The quantitative estimate of drug-likeness (QED) is 0.338. The first-order valence-corrected chi connectivity index (χ1v) is 8.05. The topological polar surface area (TPSA) is 14.1 Å². The fourth-order valence-corrected chi connectivity index (χ4v) is 2.12. The molecule has 0 amide bonds. The second-order valence-electron chi connectivity index (χ2n) is 5.21. The van der Waals surface area contributed by atoms with Crippen LogP contribution in [0.1, 0.15) is 90.9 Å². The maximum absolute atomic E-state index is 4.61. The summed E-state index contributed by atoms with van der Waals surface area (Å²) >= 11 is 0. The molecule has 0 heterocycles. The van der Waals surface area contributed by atoms with E-state index in [9.17, 15) is 0 Å². The van der Waals surface area contributed by atoms with Crippen LogP contribution in [-0.4, -0.2) is 13.1 Å². The van der Waals surface area contributed by atoms with Gasteiger partial charge in [-0.25, -0.2) is 0 Å². The summed E-state index contributed by atoms with van der Waals surface area (Å²) in [6.45, 7) is 6.77. The molecular formula is C16H34NNa. The molecule has 0 atom stereocenters. The summed E-state index contributed by atoms with van der Waals surface area (Å²) in [5.74, 6) is 0. The van der Waals surface area contributed by atoms with Crippen LogP contribution in [0, 0.1) is 0 Å². The second kappa shape index (κ2) is 20.3. The Balaban J connectivity index is 0. The number of nitrogens with zero attached hydrogens (tertiary/aromatic N) is 1. The van der Waals surface area contributed by atoms with E-state index in [4.69, 9.17) is 0 Å². The van der Waals surface area contributed by atoms with Crippen molar-refractivity contribution in [3.63, 3.8) is 0 Å². The van der Waals surface area contributed by atoms with E-state index in [-0.39, 0.29) is 29.6 Å². The Morgan fingerprint density at radius 3 is 1.22 bits per heavy atom. The van der Waals surface area contributed by atoms with E-state index >= 15 is 0 Å². The summed E-state index contributed by atoms with van der Waals surface area (Å²) in [6.07, 6.45) is 16.6. The minimum Gasteiger partial charge on any atom is -0.662 e. The average Bonchev–Trinajstić information content (AvgIpc) is 2.35. The molecule has 2 heteroatoms. The van der Waals surface area contributed by atoms with Gasteiger partial charge in [-0.05, 0) is 0 Å². The predicted octanol–water partition coefficient (Wildman–Crippen LogP) is 3.09. The molecule has 0 saturated heterocycles. The summed E-state index contributed by atoms with van der Waals surface area (Å²) in [6, 6.07) is 0. The first kappa shape index (κ1) is 21.3. The first-order chi connectivity index (χ1) is 8.41. The Kier molecular flexibility index (Phi) is 24.0. The second-order valence-corrected chi connectivity index (χ2v) is 5.21. The summed E-state index contributed by atoms with van der Waals surface area (Å²) in [5.41, 5.74) is 0. The molecule has 0 aromatic rings. The zero-order valence-electron chi connectivity index (χ0n) is 13.3. The molecule has 0 bridgehead atoms. The molecule has 104 valence electrons. The van der Waals surface area contributed by atoms with Crippen LogP contribution >= 0.6 is 0 Å². The van der Waals surface area contributed by atoms with Crippen LogP contribution in [0.3, 0.4) is 0 Å². The first-order valence-electron chi connectivity index (χ1n) is 8.05. The predicted molar refractivity (Wildman–Crippen MR) is 79.8 cm³/mol. The van der Waals surface area contributed by atoms with Gasteiger partial charge in [-0.1, -0.05) is 90.9 Å². The third kappa shape index (κ3) is 19.3. The van der Waals surface area contributed by atoms with Crippen molar-refractivity contribution < 1.29 is 29.6 Å². The standard InChI is InChI=1S/C16H34N.Na/c1-3-5-7-9-11-13-15-17-16-14-12-10-8-6-4-2;/h3-16H2,1-2H3;/q-1;+1. The van der Waals surface area contributed by atoms with Crippen molar-refractivity contribution in [2.75, 3.05) is 13.1 Å². The van der Waals surface area contributed by atoms with Crippen molar-refractivity contribution in [2.24, 2.45) is 0 Å². The number of unbranched alkanes of at least 4 members (excludes halogenated alkanes) is 10. The molecule has 0 aromatic carbocycles. The van der Waals surface area contributed by atoms with Gasteiger partial charge in [0.15, 0.2) is 0 Å². The Bertz CT molecular complexity index is 114. The van der Waals surface area contributed by atoms with Crippen molar-refractivity contribution in [1.29, 1.82) is 0 Å². The number of hydrogen-bond acceptors (Lipinski definition) is 0. The van der Waals surface area contributed by atoms with Gasteiger partial charge in [0.05, 0.1) is 0 Å². The van der Waals surface area contributed by atoms with E-state index in [0.717, 1.165) is 13.1 Å². The van der Waals surface area contributed by atoms with E-state index in [1.807, 2.05) is 0 Å². The van der Waals surface area contributed by atoms with E-state index in [1.54, 1.807) is 0 Å². The van der Waals surface area contributed by atoms with Crippen molar-refractivity contribution in [3.05, 3.63) is 5.32 Å². The normalized spacial score (nSPS) is 10.3. The SMILES string of the molecule is CCCCCCCC[N-]CCCCCCCC.[Na+]. The average molecular weight is 263 g/mol. The number of rotatable bonds is 14. The van der Waals surface area contributed by atoms with Gasteiger partial charge >= 0.3 is 29.6 Å². The molecule has 1 nitrogen and oxygen atoms in total. The molecule has 0 fully saturated rings. The molecule has 0 rings (SSSR count). The third-order valence-electron chi connectivity index (χ3n) is 3.34. The molecule has 0 saturated carbocycles. The van der Waals surface area contributed by atoms with Crippen LogP contribution in [0.15, 0.2) is 0 Å². The van der Waals surface area contributed by atoms with Crippen LogP contribution in [-0.2, 0) is 0 Å². The van der Waals surface area contributed by atoms with Gasteiger partial charge in [-0.15, -0.1) is 13.1 Å². The van der Waals surface area contributed by atoms with Gasteiger partial charge in [0.1, 0.15) is 0 Å². The van der Waals surface area contributed by atoms with Crippen molar-refractivity contribution in [1.82, 2.24) is 0 Å². The van der Waals surface area contributed by atoms with Crippen LogP contribution in [0.25, 0.3) is 5.32 Å². The summed E-state index contributed by atoms with van der Waals surface area (Å²) in [4.78, 5) is 0. The smallest absolute Gasteiger partial charge is 0.662 e. The molecule has 0 spiro atoms. The summed E-state index contributed by atoms with van der Waals surface area (Å²) in [7, 11) is 0. The minimum absolute atomic E-state index is 0. The largest absolute Gasteiger partial charge is 1.00 e. The van der Waals surface area contributed by atoms with E-state index < -0.39 is 0 Å². The van der Waals surface area contributed by atoms with Crippen molar-refractivity contribution in [3.8, 4) is 0 Å². The monoisotopic (exact) mass is 263 g/mol. The zero-order valence-corrected chi connectivity index (χ0v) is 15.3. The van der Waals surface area contributed by atoms with Crippen LogP contribution in [0.4, 0.5) is 0 Å². The van der Waals surface area contributed by atoms with Gasteiger partial charge in [0, 0.05) is 0 Å². The van der Waals surface area contributed by atoms with Gasteiger partial charge in [0.2, 0.25) is 0 Å². The van der Waals surface area contributed by atoms with Crippen LogP contribution < -0.4 is 29.6 Å². The molecule has 0 aromatic heterocycles. The van der Waals surface area contributed by atoms with Crippen LogP contribution in [0.2, 0.25) is 0 Å². The van der Waals surface area contributed by atoms with Gasteiger partial charge in [0.25, 0.3) is 0 Å². The summed E-state index contributed by atoms with van der Waals surface area (Å²) < 4.78 is 0. The Labute approximate surface area is 138 Å². The van der Waals surface area contributed by atoms with Crippen LogP contribution in [0.5, 0.6) is 0 Å². The van der Waals surface area contributed by atoms with E-state index in [1.165, 1.54) is 77.0 Å². The minimum atomic E-state index is 0. The maximum Gasteiger partial charge on any atom is 1.00 e. The summed E-state index contributed by atoms with van der Waals surface area (Å²) in [5, 5.41) is 4.61. The fraction of sp³-hybridized carbons (Fsp3) is 1.00. The van der Waals surface area contributed by atoms with E-state index in [0.29, 0.717) is 0 Å². The molecule has 0 aliphatic rings. The van der Waals surface area contributed by atoms with Crippen molar-refractivity contribution >= 4 is 0 Å². The molecule has 0 unspecified atom stereocenters. The molecule has 0 radical (unpaired) electrons. The zero-order chi connectivity index (χ0) is 12.6. The maximum atomic E-state index is 4.61. The molecule has 18 heavy (non-hydrogen) atoms.